The molecule has 6 heteroatoms. The number of pyridine rings is 2. The zero-order valence-corrected chi connectivity index (χ0v) is 50.0. The van der Waals surface area contributed by atoms with E-state index in [1.807, 2.05) is 48.8 Å². The summed E-state index contributed by atoms with van der Waals surface area (Å²) in [5, 5.41) is 0. The van der Waals surface area contributed by atoms with Gasteiger partial charge in [0, 0.05) is 38.1 Å². The Morgan fingerprint density at radius 2 is 0.633 bits per heavy atom. The fraction of sp³-hybridized carbons (Fsp3) is 0.370. The molecule has 0 amide bonds. The van der Waals surface area contributed by atoms with E-state index in [1.54, 1.807) is 0 Å². The van der Waals surface area contributed by atoms with Gasteiger partial charge in [0.05, 0.1) is 11.4 Å². The van der Waals surface area contributed by atoms with Gasteiger partial charge in [-0.25, -0.2) is 0 Å². The van der Waals surface area contributed by atoms with Crippen LogP contribution < -0.4 is 18.9 Å². The standard InChI is InChI=1S/C73H84N2O4/c1-47-29-48(2)65(49(3)30-47)46-79-69-57-32-52-36-59(70(4,5)6)35-51(66(52)76-43-50-23-17-16-18-24-50)31-53-37-60(71(7,8)9)38-54(67(53)77-44-63-25-19-21-27-74-63)33-55-39-61(72(10,11)12)40-56(34-58(69)42-62(41-57)73(13,14)15)68(55)78-45-64-26-20-22-28-75-64/h16-30,35-42H,31-34,43-46H2,1-15H3. The van der Waals surface area contributed by atoms with Crippen LogP contribution in [0.3, 0.4) is 0 Å². The molecule has 2 heterocycles. The summed E-state index contributed by atoms with van der Waals surface area (Å²) in [6, 6.07) is 46.3. The van der Waals surface area contributed by atoms with Gasteiger partial charge in [-0.3, -0.25) is 9.97 Å². The number of hydrogen-bond donors (Lipinski definition) is 0. The molecule has 1 aliphatic carbocycles. The summed E-state index contributed by atoms with van der Waals surface area (Å²) in [6.45, 7) is 35.8. The summed E-state index contributed by atoms with van der Waals surface area (Å²) in [4.78, 5) is 9.51. The molecule has 0 fully saturated rings. The van der Waals surface area contributed by atoms with Crippen molar-refractivity contribution in [1.82, 2.24) is 9.97 Å². The SMILES string of the molecule is Cc1cc(C)c(COc2c3cc(C(C)(C)C)cc2Cc2cc(C(C)(C)C)cc(c2OCc2ccccn2)Cc2cc(C(C)(C)C)cc(c2OCc2ccccn2)Cc2cc(C(C)(C)C)cc(c2OCc2ccccc2)C3)c(C)c1. The third kappa shape index (κ3) is 13.6. The average Bonchev–Trinajstić information content (AvgIpc) is 3.41. The summed E-state index contributed by atoms with van der Waals surface area (Å²) in [6.07, 6.45) is 5.94. The van der Waals surface area contributed by atoms with Gasteiger partial charge in [-0.15, -0.1) is 0 Å². The number of ether oxygens (including phenoxy) is 4. The minimum atomic E-state index is -0.192. The molecular formula is C73H84N2O4. The van der Waals surface area contributed by atoms with Crippen LogP contribution in [-0.4, -0.2) is 9.97 Å². The molecule has 1 aliphatic rings. The van der Waals surface area contributed by atoms with E-state index in [-0.39, 0.29) is 21.7 Å². The first-order valence-electron chi connectivity index (χ1n) is 28.4. The molecule has 2 aromatic heterocycles. The van der Waals surface area contributed by atoms with Crippen molar-refractivity contribution in [2.24, 2.45) is 0 Å². The van der Waals surface area contributed by atoms with Crippen LogP contribution in [0, 0.1) is 20.8 Å². The van der Waals surface area contributed by atoms with Crippen molar-refractivity contribution in [1.29, 1.82) is 0 Å². The molecule has 0 atom stereocenters. The maximum atomic E-state index is 7.49. The molecule has 79 heavy (non-hydrogen) atoms. The Bertz CT molecular complexity index is 3260. The van der Waals surface area contributed by atoms with Gasteiger partial charge in [0.2, 0.25) is 0 Å². The largest absolute Gasteiger partial charge is 0.488 e. The second kappa shape index (κ2) is 22.9. The van der Waals surface area contributed by atoms with Crippen LogP contribution in [0.2, 0.25) is 0 Å². The van der Waals surface area contributed by atoms with E-state index in [0.29, 0.717) is 52.1 Å². The average molecular weight is 1050 g/mol. The van der Waals surface area contributed by atoms with Crippen molar-refractivity contribution in [3.8, 4) is 23.0 Å². The van der Waals surface area contributed by atoms with Gasteiger partial charge in [0.1, 0.15) is 49.4 Å². The molecule has 0 radical (unpaired) electrons. The van der Waals surface area contributed by atoms with E-state index < -0.39 is 0 Å². The summed E-state index contributed by atoms with van der Waals surface area (Å²) in [7, 11) is 0. The van der Waals surface area contributed by atoms with Crippen LogP contribution in [0.1, 0.15) is 189 Å². The van der Waals surface area contributed by atoms with Crippen molar-refractivity contribution < 1.29 is 18.9 Å². The van der Waals surface area contributed by atoms with E-state index in [4.69, 9.17) is 28.9 Å². The molecule has 0 saturated heterocycles. The first-order chi connectivity index (χ1) is 37.4. The number of aromatic nitrogens is 2. The highest BCUT2D eigenvalue weighted by Crippen LogP contribution is 2.45. The van der Waals surface area contributed by atoms with E-state index in [9.17, 15) is 0 Å². The van der Waals surface area contributed by atoms with Crippen LogP contribution in [0.5, 0.6) is 23.0 Å². The number of rotatable bonds is 12. The quantitative estimate of drug-likeness (QED) is 0.121. The highest BCUT2D eigenvalue weighted by molar-refractivity contribution is 5.60. The summed E-state index contributed by atoms with van der Waals surface area (Å²) in [5.41, 5.74) is 20.8. The summed E-state index contributed by atoms with van der Waals surface area (Å²) in [5.74, 6) is 3.52. The number of fused-ring (bicyclic) bond motifs is 8. The lowest BCUT2D eigenvalue weighted by Gasteiger charge is -2.29. The molecule has 6 aromatic carbocycles. The van der Waals surface area contributed by atoms with E-state index >= 15 is 0 Å². The van der Waals surface area contributed by atoms with E-state index in [1.165, 1.54) is 44.5 Å². The van der Waals surface area contributed by atoms with Crippen LogP contribution in [0.4, 0.5) is 0 Å². The first-order valence-corrected chi connectivity index (χ1v) is 28.4. The topological polar surface area (TPSA) is 62.7 Å². The zero-order valence-electron chi connectivity index (χ0n) is 50.0. The Kier molecular flexibility index (Phi) is 16.4. The second-order valence-electron chi connectivity index (χ2n) is 26.4. The molecule has 0 spiro atoms. The van der Waals surface area contributed by atoms with Gasteiger partial charge >= 0.3 is 0 Å². The lowest BCUT2D eigenvalue weighted by atomic mass is 9.79. The maximum absolute atomic E-state index is 7.49. The van der Waals surface area contributed by atoms with Crippen LogP contribution in [0.25, 0.3) is 0 Å². The van der Waals surface area contributed by atoms with Gasteiger partial charge in [-0.2, -0.15) is 0 Å². The lowest BCUT2D eigenvalue weighted by Crippen LogP contribution is -2.18. The molecule has 0 saturated carbocycles. The smallest absolute Gasteiger partial charge is 0.130 e. The molecular weight excluding hydrogens is 969 g/mol. The predicted molar refractivity (Wildman–Crippen MR) is 325 cm³/mol. The second-order valence-corrected chi connectivity index (χ2v) is 26.4. The fourth-order valence-corrected chi connectivity index (χ4v) is 10.9. The third-order valence-electron chi connectivity index (χ3n) is 15.6. The number of nitrogens with zero attached hydrogens (tertiary/aromatic N) is 2. The van der Waals surface area contributed by atoms with E-state index in [2.05, 4.69) is 195 Å². The normalized spacial score (nSPS) is 13.0. The summed E-state index contributed by atoms with van der Waals surface area (Å²) >= 11 is 0. The molecule has 6 nitrogen and oxygen atoms in total. The molecule has 410 valence electrons. The van der Waals surface area contributed by atoms with Crippen LogP contribution in [0.15, 0.2) is 140 Å². The molecule has 0 N–H and O–H groups in total. The van der Waals surface area contributed by atoms with Crippen molar-refractivity contribution in [2.45, 2.75) is 178 Å². The van der Waals surface area contributed by atoms with Gasteiger partial charge < -0.3 is 18.9 Å². The Morgan fingerprint density at radius 1 is 0.342 bits per heavy atom. The maximum Gasteiger partial charge on any atom is 0.130 e. The minimum absolute atomic E-state index is 0.184. The Labute approximate surface area is 473 Å². The van der Waals surface area contributed by atoms with Gasteiger partial charge in [-0.1, -0.05) is 192 Å². The molecule has 8 bridgehead atoms. The molecule has 0 unspecified atom stereocenters. The number of aryl methyl sites for hydroxylation is 3. The Morgan fingerprint density at radius 3 is 0.924 bits per heavy atom. The van der Waals surface area contributed by atoms with Gasteiger partial charge in [-0.05, 0) is 156 Å². The van der Waals surface area contributed by atoms with Crippen LogP contribution >= 0.6 is 0 Å². The first kappa shape index (κ1) is 56.5. The predicted octanol–water partition coefficient (Wildman–Crippen LogP) is 17.6. The van der Waals surface area contributed by atoms with Gasteiger partial charge in [0.25, 0.3) is 0 Å². The zero-order chi connectivity index (χ0) is 56.4. The van der Waals surface area contributed by atoms with Gasteiger partial charge in [0.15, 0.2) is 0 Å². The third-order valence-corrected chi connectivity index (χ3v) is 15.6. The van der Waals surface area contributed by atoms with Crippen LogP contribution in [-0.2, 0) is 73.8 Å². The summed E-state index contributed by atoms with van der Waals surface area (Å²) < 4.78 is 29.4. The fourth-order valence-electron chi connectivity index (χ4n) is 10.9. The Balaban J connectivity index is 1.39. The van der Waals surface area contributed by atoms with Crippen molar-refractivity contribution in [3.05, 3.63) is 246 Å². The highest BCUT2D eigenvalue weighted by atomic mass is 16.5. The van der Waals surface area contributed by atoms with Crippen molar-refractivity contribution in [3.63, 3.8) is 0 Å². The Hall–Kier alpha value is -7.18. The highest BCUT2D eigenvalue weighted by Gasteiger charge is 2.30. The number of benzene rings is 6. The van der Waals surface area contributed by atoms with E-state index in [0.717, 1.165) is 84.5 Å². The monoisotopic (exact) mass is 1050 g/mol. The molecule has 8 aromatic rings. The van der Waals surface area contributed by atoms with Crippen molar-refractivity contribution >= 4 is 0 Å². The molecule has 9 rings (SSSR count). The van der Waals surface area contributed by atoms with Crippen molar-refractivity contribution in [2.75, 3.05) is 0 Å². The molecule has 0 aliphatic heterocycles. The number of hydrogen-bond acceptors (Lipinski definition) is 6. The lowest BCUT2D eigenvalue weighted by molar-refractivity contribution is 0.289. The minimum Gasteiger partial charge on any atom is -0.488 e.